The van der Waals surface area contributed by atoms with Crippen LogP contribution in [0.1, 0.15) is 50.3 Å². The van der Waals surface area contributed by atoms with Gasteiger partial charge in [0.25, 0.3) is 0 Å². The van der Waals surface area contributed by atoms with E-state index in [0.717, 1.165) is 86.5 Å². The first-order chi connectivity index (χ1) is 15.2. The van der Waals surface area contributed by atoms with E-state index in [2.05, 4.69) is 70.4 Å². The Balaban J connectivity index is 1.58. The van der Waals surface area contributed by atoms with Gasteiger partial charge in [-0.3, -0.25) is 0 Å². The molecule has 1 saturated heterocycles. The molecular weight excluding hydrogens is 390 g/mol. The van der Waals surface area contributed by atoms with Crippen LogP contribution in [-0.4, -0.2) is 60.3 Å². The number of aliphatic imine (C=N–C) groups is 1. The van der Waals surface area contributed by atoms with Gasteiger partial charge in [0.2, 0.25) is 0 Å². The summed E-state index contributed by atoms with van der Waals surface area (Å²) in [6.45, 7) is 15.9. The molecule has 0 bridgehead atoms. The summed E-state index contributed by atoms with van der Waals surface area (Å²) in [6.07, 6.45) is 3.64. The summed E-state index contributed by atoms with van der Waals surface area (Å²) in [7, 11) is 0. The quantitative estimate of drug-likeness (QED) is 0.470. The largest absolute Gasteiger partial charge is 0.361 e. The molecule has 170 valence electrons. The van der Waals surface area contributed by atoms with Gasteiger partial charge in [0.05, 0.1) is 12.2 Å². The van der Waals surface area contributed by atoms with Crippen molar-refractivity contribution in [2.75, 3.05) is 44.2 Å². The van der Waals surface area contributed by atoms with Crippen LogP contribution in [0.15, 0.2) is 27.8 Å². The summed E-state index contributed by atoms with van der Waals surface area (Å²) in [5, 5.41) is 10.9. The molecule has 8 nitrogen and oxygen atoms in total. The fourth-order valence-corrected chi connectivity index (χ4v) is 3.81. The van der Waals surface area contributed by atoms with Gasteiger partial charge in [0.1, 0.15) is 11.6 Å². The lowest BCUT2D eigenvalue weighted by Gasteiger charge is -2.34. The number of pyridine rings is 1. The first-order valence-electron chi connectivity index (χ1n) is 11.6. The maximum Gasteiger partial charge on any atom is 0.191 e. The fourth-order valence-electron chi connectivity index (χ4n) is 3.81. The van der Waals surface area contributed by atoms with Crippen molar-refractivity contribution in [3.05, 3.63) is 40.9 Å². The molecule has 3 rings (SSSR count). The van der Waals surface area contributed by atoms with E-state index in [1.165, 1.54) is 0 Å². The standard InChI is InChI=1S/C23H37N7O/c1-5-20-19(21(6-2)31-28-20)17-27-23(24-7-3)26-16-18-9-10-22(25-15-18)30-13-11-29(8-4)12-14-30/h9-10,15H,5-8,11-14,16-17H2,1-4H3,(H2,24,26,27). The van der Waals surface area contributed by atoms with Gasteiger partial charge in [-0.2, -0.15) is 0 Å². The van der Waals surface area contributed by atoms with Crippen LogP contribution in [0, 0.1) is 0 Å². The summed E-state index contributed by atoms with van der Waals surface area (Å²) in [5.41, 5.74) is 3.26. The molecule has 0 aromatic carbocycles. The average molecular weight is 428 g/mol. The van der Waals surface area contributed by atoms with Gasteiger partial charge < -0.3 is 25.0 Å². The van der Waals surface area contributed by atoms with Gasteiger partial charge in [-0.15, -0.1) is 0 Å². The molecule has 2 N–H and O–H groups in total. The van der Waals surface area contributed by atoms with E-state index >= 15 is 0 Å². The van der Waals surface area contributed by atoms with Crippen LogP contribution in [0.5, 0.6) is 0 Å². The predicted octanol–water partition coefficient (Wildman–Crippen LogP) is 2.59. The Morgan fingerprint density at radius 3 is 2.48 bits per heavy atom. The molecule has 0 amide bonds. The molecule has 3 heterocycles. The number of guanidine groups is 1. The van der Waals surface area contributed by atoms with Crippen LogP contribution in [-0.2, 0) is 25.9 Å². The van der Waals surface area contributed by atoms with Gasteiger partial charge in [-0.25, -0.2) is 9.98 Å². The van der Waals surface area contributed by atoms with Crippen LogP contribution in [0.25, 0.3) is 0 Å². The Hall–Kier alpha value is -2.61. The summed E-state index contributed by atoms with van der Waals surface area (Å²) in [5.74, 6) is 2.78. The lowest BCUT2D eigenvalue weighted by Crippen LogP contribution is -2.46. The third kappa shape index (κ3) is 6.19. The third-order valence-corrected chi connectivity index (χ3v) is 5.76. The minimum absolute atomic E-state index is 0.580. The molecule has 2 aromatic rings. The minimum Gasteiger partial charge on any atom is -0.361 e. The zero-order chi connectivity index (χ0) is 22.1. The van der Waals surface area contributed by atoms with Gasteiger partial charge in [-0.1, -0.05) is 32.0 Å². The summed E-state index contributed by atoms with van der Waals surface area (Å²) < 4.78 is 5.47. The molecule has 0 atom stereocenters. The zero-order valence-corrected chi connectivity index (χ0v) is 19.4. The second kappa shape index (κ2) is 11.7. The maximum absolute atomic E-state index is 5.47. The van der Waals surface area contributed by atoms with E-state index < -0.39 is 0 Å². The van der Waals surface area contributed by atoms with E-state index in [-0.39, 0.29) is 0 Å². The van der Waals surface area contributed by atoms with Crippen molar-refractivity contribution < 1.29 is 4.52 Å². The van der Waals surface area contributed by atoms with Gasteiger partial charge >= 0.3 is 0 Å². The van der Waals surface area contributed by atoms with Crippen molar-refractivity contribution in [2.45, 2.75) is 53.6 Å². The summed E-state index contributed by atoms with van der Waals surface area (Å²) >= 11 is 0. The van der Waals surface area contributed by atoms with Crippen molar-refractivity contribution >= 4 is 11.8 Å². The smallest absolute Gasteiger partial charge is 0.191 e. The van der Waals surface area contributed by atoms with E-state index in [1.807, 2.05) is 6.20 Å². The second-order valence-corrected chi connectivity index (χ2v) is 7.73. The van der Waals surface area contributed by atoms with Crippen molar-refractivity contribution in [3.63, 3.8) is 0 Å². The summed E-state index contributed by atoms with van der Waals surface area (Å²) in [4.78, 5) is 14.3. The normalized spacial score (nSPS) is 15.4. The lowest BCUT2D eigenvalue weighted by molar-refractivity contribution is 0.270. The zero-order valence-electron chi connectivity index (χ0n) is 19.4. The molecule has 0 radical (unpaired) electrons. The van der Waals surface area contributed by atoms with E-state index in [9.17, 15) is 0 Å². The Morgan fingerprint density at radius 2 is 1.87 bits per heavy atom. The molecule has 31 heavy (non-hydrogen) atoms. The number of rotatable bonds is 9. The minimum atomic E-state index is 0.580. The highest BCUT2D eigenvalue weighted by molar-refractivity contribution is 5.79. The molecule has 0 spiro atoms. The molecule has 8 heteroatoms. The number of nitrogens with zero attached hydrogens (tertiary/aromatic N) is 5. The molecule has 0 unspecified atom stereocenters. The SMILES string of the molecule is CCNC(=NCc1ccc(N2CCN(CC)CC2)nc1)NCc1c(CC)noc1CC. The fraction of sp³-hybridized carbons (Fsp3) is 0.609. The number of hydrogen-bond donors (Lipinski definition) is 2. The maximum atomic E-state index is 5.47. The van der Waals surface area contributed by atoms with E-state index in [4.69, 9.17) is 9.52 Å². The molecule has 0 aliphatic carbocycles. The van der Waals surface area contributed by atoms with Crippen LogP contribution >= 0.6 is 0 Å². The molecular formula is C23H37N7O. The molecule has 1 aliphatic rings. The third-order valence-electron chi connectivity index (χ3n) is 5.76. The van der Waals surface area contributed by atoms with Crippen LogP contribution < -0.4 is 15.5 Å². The van der Waals surface area contributed by atoms with Crippen molar-refractivity contribution in [3.8, 4) is 0 Å². The Morgan fingerprint density at radius 1 is 1.06 bits per heavy atom. The van der Waals surface area contributed by atoms with E-state index in [1.54, 1.807) is 0 Å². The van der Waals surface area contributed by atoms with Crippen LogP contribution in [0.2, 0.25) is 0 Å². The Labute approximate surface area is 186 Å². The summed E-state index contributed by atoms with van der Waals surface area (Å²) in [6, 6.07) is 4.25. The first kappa shape index (κ1) is 23.1. The first-order valence-corrected chi connectivity index (χ1v) is 11.6. The van der Waals surface area contributed by atoms with Gasteiger partial charge in [0.15, 0.2) is 5.96 Å². The lowest BCUT2D eigenvalue weighted by atomic mass is 10.1. The van der Waals surface area contributed by atoms with Crippen LogP contribution in [0.3, 0.4) is 0 Å². The number of aryl methyl sites for hydroxylation is 2. The number of likely N-dealkylation sites (N-methyl/N-ethyl adjacent to an activating group) is 1. The van der Waals surface area contributed by atoms with Gasteiger partial charge in [-0.05, 0) is 31.5 Å². The monoisotopic (exact) mass is 427 g/mol. The number of hydrogen-bond acceptors (Lipinski definition) is 6. The molecule has 1 fully saturated rings. The Bertz CT molecular complexity index is 801. The number of aromatic nitrogens is 2. The highest BCUT2D eigenvalue weighted by Gasteiger charge is 2.16. The van der Waals surface area contributed by atoms with Crippen molar-refractivity contribution in [2.24, 2.45) is 4.99 Å². The molecule has 0 saturated carbocycles. The second-order valence-electron chi connectivity index (χ2n) is 7.73. The Kier molecular flexibility index (Phi) is 8.70. The van der Waals surface area contributed by atoms with Crippen molar-refractivity contribution in [1.29, 1.82) is 0 Å². The number of nitrogens with one attached hydrogen (secondary N) is 2. The predicted molar refractivity (Wildman–Crippen MR) is 125 cm³/mol. The number of piperazine rings is 1. The highest BCUT2D eigenvalue weighted by atomic mass is 16.5. The molecule has 1 aliphatic heterocycles. The topological polar surface area (TPSA) is 81.8 Å². The van der Waals surface area contributed by atoms with Gasteiger partial charge in [0, 0.05) is 57.4 Å². The van der Waals surface area contributed by atoms with Crippen LogP contribution in [0.4, 0.5) is 5.82 Å². The average Bonchev–Trinajstić information content (AvgIpc) is 3.23. The molecule has 2 aromatic heterocycles. The number of anilines is 1. The van der Waals surface area contributed by atoms with E-state index in [0.29, 0.717) is 13.1 Å². The highest BCUT2D eigenvalue weighted by Crippen LogP contribution is 2.16. The van der Waals surface area contributed by atoms with Crippen molar-refractivity contribution in [1.82, 2.24) is 25.7 Å².